The third kappa shape index (κ3) is 4.13. The Labute approximate surface area is 120 Å². The molecule has 3 heteroatoms. The van der Waals surface area contributed by atoms with Gasteiger partial charge in [0.25, 0.3) is 0 Å². The van der Waals surface area contributed by atoms with Gasteiger partial charge < -0.3 is 17.0 Å². The fourth-order valence-electron chi connectivity index (χ4n) is 2.31. The van der Waals surface area contributed by atoms with Gasteiger partial charge in [-0.15, -0.1) is 0 Å². The largest absolute Gasteiger partial charge is 1.00 e. The lowest BCUT2D eigenvalue weighted by Gasteiger charge is -1.99. The number of aromatic nitrogens is 2. The maximum atomic E-state index is 3.31. The minimum Gasteiger partial charge on any atom is -1.00 e. The number of benzene rings is 1. The van der Waals surface area contributed by atoms with E-state index in [4.69, 9.17) is 0 Å². The minimum atomic E-state index is 0. The lowest BCUT2D eigenvalue weighted by molar-refractivity contribution is -0.671. The predicted octanol–water partition coefficient (Wildman–Crippen LogP) is 0.820. The van der Waals surface area contributed by atoms with Crippen molar-refractivity contribution < 1.29 is 21.5 Å². The van der Waals surface area contributed by atoms with Crippen LogP contribution in [0.2, 0.25) is 0 Å². The molecule has 0 saturated heterocycles. The highest BCUT2D eigenvalue weighted by Gasteiger charge is 2.07. The van der Waals surface area contributed by atoms with E-state index in [1.165, 1.54) is 49.6 Å². The summed E-state index contributed by atoms with van der Waals surface area (Å²) in [4.78, 5) is 3.31. The molecule has 0 aliphatic heterocycles. The van der Waals surface area contributed by atoms with Crippen LogP contribution in [-0.2, 0) is 6.54 Å². The number of H-pyrrole nitrogens is 1. The van der Waals surface area contributed by atoms with Crippen LogP contribution in [0.5, 0.6) is 0 Å². The normalized spacial score (nSPS) is 10.5. The quantitative estimate of drug-likeness (QED) is 0.577. The van der Waals surface area contributed by atoms with Gasteiger partial charge in [-0.2, -0.15) is 0 Å². The van der Waals surface area contributed by atoms with Gasteiger partial charge in [0.15, 0.2) is 11.0 Å². The highest BCUT2D eigenvalue weighted by atomic mass is 79.9. The van der Waals surface area contributed by atoms with Gasteiger partial charge in [0.05, 0.1) is 6.54 Å². The fourth-order valence-corrected chi connectivity index (χ4v) is 2.31. The molecule has 1 N–H and O–H groups in total. The SMILES string of the molecule is CCCCCCCC[n+]1c[nH]c2ccccc21.[Br-]. The number of nitrogens with zero attached hydrogens (tertiary/aromatic N) is 1. The van der Waals surface area contributed by atoms with Gasteiger partial charge in [0, 0.05) is 0 Å². The molecule has 18 heavy (non-hydrogen) atoms. The Morgan fingerprint density at radius 1 is 1.00 bits per heavy atom. The molecule has 0 radical (unpaired) electrons. The number of fused-ring (bicyclic) bond motifs is 1. The monoisotopic (exact) mass is 310 g/mol. The average molecular weight is 311 g/mol. The van der Waals surface area contributed by atoms with E-state index in [2.05, 4.69) is 47.1 Å². The second kappa shape index (κ2) is 8.30. The molecule has 0 aliphatic carbocycles. The van der Waals surface area contributed by atoms with E-state index in [1.54, 1.807) is 0 Å². The van der Waals surface area contributed by atoms with Crippen molar-refractivity contribution in [2.45, 2.75) is 52.0 Å². The summed E-state index contributed by atoms with van der Waals surface area (Å²) in [5.74, 6) is 0. The molecule has 2 rings (SSSR count). The molecule has 0 saturated carbocycles. The number of para-hydroxylation sites is 2. The Morgan fingerprint density at radius 3 is 2.56 bits per heavy atom. The van der Waals surface area contributed by atoms with Crippen LogP contribution >= 0.6 is 0 Å². The van der Waals surface area contributed by atoms with Crippen molar-refractivity contribution in [3.05, 3.63) is 30.6 Å². The van der Waals surface area contributed by atoms with E-state index in [1.807, 2.05) is 0 Å². The molecule has 0 bridgehead atoms. The van der Waals surface area contributed by atoms with Gasteiger partial charge >= 0.3 is 0 Å². The van der Waals surface area contributed by atoms with E-state index >= 15 is 0 Å². The maximum Gasteiger partial charge on any atom is 0.242 e. The summed E-state index contributed by atoms with van der Waals surface area (Å²) in [5, 5.41) is 0. The third-order valence-electron chi connectivity index (χ3n) is 3.34. The van der Waals surface area contributed by atoms with Crippen LogP contribution in [0, 0.1) is 0 Å². The summed E-state index contributed by atoms with van der Waals surface area (Å²) >= 11 is 0. The van der Waals surface area contributed by atoms with Crippen LogP contribution in [0.25, 0.3) is 11.0 Å². The van der Waals surface area contributed by atoms with Gasteiger partial charge in [-0.05, 0) is 25.0 Å². The standard InChI is InChI=1S/C15H22N2.BrH/c1-2-3-4-5-6-9-12-17-13-16-14-10-7-8-11-15(14)17;/h7-8,10-11,13H,2-6,9,12H2,1H3;1H. The number of nitrogens with one attached hydrogen (secondary N) is 1. The molecule has 2 aromatic rings. The van der Waals surface area contributed by atoms with E-state index in [9.17, 15) is 0 Å². The van der Waals surface area contributed by atoms with Crippen molar-refractivity contribution in [2.75, 3.05) is 0 Å². The van der Waals surface area contributed by atoms with E-state index < -0.39 is 0 Å². The molecule has 0 atom stereocenters. The smallest absolute Gasteiger partial charge is 0.242 e. The topological polar surface area (TPSA) is 19.7 Å². The van der Waals surface area contributed by atoms with Crippen molar-refractivity contribution in [2.24, 2.45) is 0 Å². The molecule has 0 aliphatic rings. The lowest BCUT2D eigenvalue weighted by Crippen LogP contribution is -3.00. The van der Waals surface area contributed by atoms with Crippen molar-refractivity contribution >= 4 is 11.0 Å². The summed E-state index contributed by atoms with van der Waals surface area (Å²) < 4.78 is 2.33. The lowest BCUT2D eigenvalue weighted by atomic mass is 10.1. The second-order valence-electron chi connectivity index (χ2n) is 4.75. The first-order chi connectivity index (χ1) is 8.42. The van der Waals surface area contributed by atoms with Crippen LogP contribution in [0.3, 0.4) is 0 Å². The van der Waals surface area contributed by atoms with Gasteiger partial charge in [-0.25, -0.2) is 9.55 Å². The Balaban J connectivity index is 0.00000162. The summed E-state index contributed by atoms with van der Waals surface area (Å²) in [6.45, 7) is 3.40. The zero-order valence-electron chi connectivity index (χ0n) is 11.2. The minimum absolute atomic E-state index is 0. The first kappa shape index (κ1) is 15.2. The number of unbranched alkanes of at least 4 members (excludes halogenated alkanes) is 5. The maximum absolute atomic E-state index is 3.31. The molecule has 0 fully saturated rings. The summed E-state index contributed by atoms with van der Waals surface area (Å²) in [7, 11) is 0. The summed E-state index contributed by atoms with van der Waals surface area (Å²) in [5.41, 5.74) is 2.56. The Morgan fingerprint density at radius 2 is 1.72 bits per heavy atom. The molecule has 0 unspecified atom stereocenters. The van der Waals surface area contributed by atoms with E-state index in [0.29, 0.717) is 0 Å². The highest BCUT2D eigenvalue weighted by Crippen LogP contribution is 2.08. The van der Waals surface area contributed by atoms with Gasteiger partial charge in [0.1, 0.15) is 0 Å². The zero-order chi connectivity index (χ0) is 11.9. The van der Waals surface area contributed by atoms with Crippen LogP contribution in [0.1, 0.15) is 45.4 Å². The summed E-state index contributed by atoms with van der Waals surface area (Å²) in [6.07, 6.45) is 10.2. The number of halogens is 1. The second-order valence-corrected chi connectivity index (χ2v) is 4.75. The van der Waals surface area contributed by atoms with Crippen LogP contribution < -0.4 is 21.5 Å². The van der Waals surface area contributed by atoms with Crippen LogP contribution in [-0.4, -0.2) is 4.98 Å². The molecule has 0 spiro atoms. The number of hydrogen-bond acceptors (Lipinski definition) is 0. The van der Waals surface area contributed by atoms with Gasteiger partial charge in [-0.1, -0.05) is 44.7 Å². The molecule has 1 heterocycles. The number of imidazole rings is 1. The molecule has 1 aromatic carbocycles. The van der Waals surface area contributed by atoms with Crippen LogP contribution in [0.4, 0.5) is 0 Å². The summed E-state index contributed by atoms with van der Waals surface area (Å²) in [6, 6.07) is 8.50. The first-order valence-electron chi connectivity index (χ1n) is 6.87. The number of aromatic amines is 1. The molecule has 1 aromatic heterocycles. The third-order valence-corrected chi connectivity index (χ3v) is 3.34. The average Bonchev–Trinajstić information content (AvgIpc) is 2.77. The Hall–Kier alpha value is -0.830. The van der Waals surface area contributed by atoms with Crippen molar-refractivity contribution in [3.8, 4) is 0 Å². The fraction of sp³-hybridized carbons (Fsp3) is 0.533. The molecule has 2 nitrogen and oxygen atoms in total. The first-order valence-corrected chi connectivity index (χ1v) is 6.87. The predicted molar refractivity (Wildman–Crippen MR) is 71.9 cm³/mol. The van der Waals surface area contributed by atoms with Gasteiger partial charge in [-0.3, -0.25) is 0 Å². The van der Waals surface area contributed by atoms with E-state index in [-0.39, 0.29) is 17.0 Å². The van der Waals surface area contributed by atoms with Gasteiger partial charge in [0.2, 0.25) is 6.33 Å². The van der Waals surface area contributed by atoms with Crippen LogP contribution in [0.15, 0.2) is 30.6 Å². The number of rotatable bonds is 7. The van der Waals surface area contributed by atoms with Crippen molar-refractivity contribution in [1.82, 2.24) is 4.98 Å². The molecule has 0 amide bonds. The van der Waals surface area contributed by atoms with Crippen molar-refractivity contribution in [1.29, 1.82) is 0 Å². The van der Waals surface area contributed by atoms with Crippen molar-refractivity contribution in [3.63, 3.8) is 0 Å². The molecular weight excluding hydrogens is 288 g/mol. The Bertz CT molecular complexity index is 450. The zero-order valence-corrected chi connectivity index (χ0v) is 12.7. The molecular formula is C15H23BrN2. The highest BCUT2D eigenvalue weighted by molar-refractivity contribution is 5.70. The number of aryl methyl sites for hydroxylation is 1. The Kier molecular flexibility index (Phi) is 7.02. The van der Waals surface area contributed by atoms with E-state index in [0.717, 1.165) is 6.54 Å². The molecule has 100 valence electrons. The number of hydrogen-bond donors (Lipinski definition) is 1.